The fourth-order valence-electron chi connectivity index (χ4n) is 1.34. The second-order valence-electron chi connectivity index (χ2n) is 3.39. The summed E-state index contributed by atoms with van der Waals surface area (Å²) in [6.07, 6.45) is -8.03. The van der Waals surface area contributed by atoms with Crippen molar-refractivity contribution in [2.75, 3.05) is 0 Å². The van der Waals surface area contributed by atoms with Crippen molar-refractivity contribution in [3.8, 4) is 0 Å². The van der Waals surface area contributed by atoms with E-state index < -0.39 is 30.0 Å². The highest BCUT2D eigenvalue weighted by Crippen LogP contribution is 2.39. The maximum Gasteiger partial charge on any atom is 0.417 e. The van der Waals surface area contributed by atoms with Crippen LogP contribution in [0.15, 0.2) is 24.3 Å². The van der Waals surface area contributed by atoms with Gasteiger partial charge in [0.25, 0.3) is 0 Å². The fourth-order valence-corrected chi connectivity index (χ4v) is 1.34. The lowest BCUT2D eigenvalue weighted by Crippen LogP contribution is -2.22. The number of hydrogen-bond acceptors (Lipinski definition) is 2. The first kappa shape index (κ1) is 11.1. The second kappa shape index (κ2) is 3.55. The van der Waals surface area contributed by atoms with Crippen LogP contribution in [0, 0.1) is 5.82 Å². The molecular formula is C10H6F4O2. The first-order chi connectivity index (χ1) is 7.39. The number of ether oxygens (including phenoxy) is 1. The predicted octanol–water partition coefficient (Wildman–Crippen LogP) is 2.34. The molecule has 0 unspecified atom stereocenters. The molecule has 0 amide bonds. The summed E-state index contributed by atoms with van der Waals surface area (Å²) in [6.45, 7) is 0. The summed E-state index contributed by atoms with van der Waals surface area (Å²) in [5, 5.41) is 0. The zero-order chi connectivity index (χ0) is 11.9. The molecule has 2 atom stereocenters. The minimum atomic E-state index is -4.53. The van der Waals surface area contributed by atoms with Gasteiger partial charge in [-0.2, -0.15) is 13.2 Å². The Morgan fingerprint density at radius 2 is 1.75 bits per heavy atom. The Morgan fingerprint density at radius 1 is 1.19 bits per heavy atom. The largest absolute Gasteiger partial charge is 0.417 e. The number of hydrogen-bond donors (Lipinski definition) is 0. The van der Waals surface area contributed by atoms with Gasteiger partial charge in [0, 0.05) is 5.56 Å². The predicted molar refractivity (Wildman–Crippen MR) is 45.4 cm³/mol. The molecule has 1 aliphatic heterocycles. The third kappa shape index (κ3) is 2.06. The molecule has 1 aromatic rings. The minimum absolute atomic E-state index is 0.0122. The van der Waals surface area contributed by atoms with Crippen LogP contribution in [0.5, 0.6) is 0 Å². The van der Waals surface area contributed by atoms with E-state index in [1.165, 1.54) is 0 Å². The molecule has 0 bridgehead atoms. The van der Waals surface area contributed by atoms with Crippen molar-refractivity contribution >= 4 is 5.78 Å². The lowest BCUT2D eigenvalue weighted by Gasteiger charge is -2.00. The van der Waals surface area contributed by atoms with E-state index in [9.17, 15) is 22.4 Å². The van der Waals surface area contributed by atoms with Crippen molar-refractivity contribution in [2.24, 2.45) is 0 Å². The average Bonchev–Trinajstić information content (AvgIpc) is 2.96. The topological polar surface area (TPSA) is 29.6 Å². The van der Waals surface area contributed by atoms with E-state index in [-0.39, 0.29) is 5.56 Å². The highest BCUT2D eigenvalue weighted by atomic mass is 19.4. The van der Waals surface area contributed by atoms with Crippen molar-refractivity contribution in [1.82, 2.24) is 0 Å². The Morgan fingerprint density at radius 3 is 2.19 bits per heavy atom. The molecule has 0 spiro atoms. The van der Waals surface area contributed by atoms with Crippen LogP contribution in [0.1, 0.15) is 10.4 Å². The lowest BCUT2D eigenvalue weighted by molar-refractivity contribution is -0.146. The molecule has 2 nitrogen and oxygen atoms in total. The van der Waals surface area contributed by atoms with Crippen LogP contribution in [0.25, 0.3) is 0 Å². The van der Waals surface area contributed by atoms with Gasteiger partial charge in [-0.1, -0.05) is 0 Å². The molecule has 0 saturated carbocycles. The SMILES string of the molecule is O=C(c1ccc(F)cc1)[C@H]1O[C@@H]1C(F)(F)F. The molecule has 0 radical (unpaired) electrons. The zero-order valence-electron chi connectivity index (χ0n) is 7.79. The van der Waals surface area contributed by atoms with Crippen molar-refractivity contribution < 1.29 is 27.1 Å². The van der Waals surface area contributed by atoms with E-state index in [0.717, 1.165) is 24.3 Å². The van der Waals surface area contributed by atoms with Gasteiger partial charge in [-0.3, -0.25) is 4.79 Å². The summed E-state index contributed by atoms with van der Waals surface area (Å²) < 4.78 is 53.1. The van der Waals surface area contributed by atoms with Crippen LogP contribution in [-0.2, 0) is 4.74 Å². The number of carbonyl (C=O) groups is 1. The van der Waals surface area contributed by atoms with Gasteiger partial charge in [0.2, 0.25) is 0 Å². The summed E-state index contributed by atoms with van der Waals surface area (Å²) in [7, 11) is 0. The van der Waals surface area contributed by atoms with E-state index in [4.69, 9.17) is 0 Å². The van der Waals surface area contributed by atoms with Gasteiger partial charge in [0.1, 0.15) is 5.82 Å². The molecule has 1 aromatic carbocycles. The summed E-state index contributed by atoms with van der Waals surface area (Å²) >= 11 is 0. The molecule has 2 rings (SSSR count). The van der Waals surface area contributed by atoms with E-state index >= 15 is 0 Å². The van der Waals surface area contributed by atoms with Crippen LogP contribution in [0.3, 0.4) is 0 Å². The Kier molecular flexibility index (Phi) is 2.46. The van der Waals surface area contributed by atoms with Crippen LogP contribution in [0.2, 0.25) is 0 Å². The summed E-state index contributed by atoms with van der Waals surface area (Å²) in [5.41, 5.74) is 0.0122. The minimum Gasteiger partial charge on any atom is -0.351 e. The molecule has 0 aliphatic carbocycles. The highest BCUT2D eigenvalue weighted by Gasteiger charge is 2.61. The number of alkyl halides is 3. The van der Waals surface area contributed by atoms with Crippen LogP contribution >= 0.6 is 0 Å². The number of Topliss-reactive ketones (excluding diaryl/α,β-unsaturated/α-hetero) is 1. The highest BCUT2D eigenvalue weighted by molar-refractivity contribution is 6.01. The molecule has 0 N–H and O–H groups in total. The van der Waals surface area contributed by atoms with Crippen molar-refractivity contribution in [3.05, 3.63) is 35.6 Å². The van der Waals surface area contributed by atoms with Crippen molar-refractivity contribution in [2.45, 2.75) is 18.4 Å². The summed E-state index contributed by atoms with van der Waals surface area (Å²) in [4.78, 5) is 11.4. The maximum absolute atomic E-state index is 12.5. The zero-order valence-corrected chi connectivity index (χ0v) is 7.79. The third-order valence-corrected chi connectivity index (χ3v) is 2.20. The molecule has 6 heteroatoms. The Hall–Kier alpha value is -1.43. The Balaban J connectivity index is 2.08. The van der Waals surface area contributed by atoms with Crippen LogP contribution in [-0.4, -0.2) is 24.2 Å². The van der Waals surface area contributed by atoms with E-state index in [1.807, 2.05) is 0 Å². The van der Waals surface area contributed by atoms with Gasteiger partial charge in [0.15, 0.2) is 18.0 Å². The summed E-state index contributed by atoms with van der Waals surface area (Å²) in [6, 6.07) is 4.29. The van der Waals surface area contributed by atoms with Crippen molar-refractivity contribution in [1.29, 1.82) is 0 Å². The number of benzene rings is 1. The van der Waals surface area contributed by atoms with E-state index in [0.29, 0.717) is 0 Å². The van der Waals surface area contributed by atoms with E-state index in [2.05, 4.69) is 4.74 Å². The smallest absolute Gasteiger partial charge is 0.351 e. The first-order valence-electron chi connectivity index (χ1n) is 4.41. The van der Waals surface area contributed by atoms with E-state index in [1.54, 1.807) is 0 Å². The number of halogens is 4. The maximum atomic E-state index is 12.5. The van der Waals surface area contributed by atoms with Gasteiger partial charge in [0.05, 0.1) is 0 Å². The number of epoxide rings is 1. The molecule has 0 aromatic heterocycles. The second-order valence-corrected chi connectivity index (χ2v) is 3.39. The monoisotopic (exact) mass is 234 g/mol. The lowest BCUT2D eigenvalue weighted by atomic mass is 10.1. The van der Waals surface area contributed by atoms with Gasteiger partial charge < -0.3 is 4.74 Å². The molecule has 16 heavy (non-hydrogen) atoms. The van der Waals surface area contributed by atoms with Crippen LogP contribution < -0.4 is 0 Å². The van der Waals surface area contributed by atoms with Gasteiger partial charge in [-0.15, -0.1) is 0 Å². The third-order valence-electron chi connectivity index (χ3n) is 2.20. The first-order valence-corrected chi connectivity index (χ1v) is 4.41. The number of ketones is 1. The fraction of sp³-hybridized carbons (Fsp3) is 0.300. The molecule has 1 aliphatic rings. The molecule has 1 saturated heterocycles. The standard InChI is InChI=1S/C10H6F4O2/c11-6-3-1-5(2-4-6)7(15)8-9(16-8)10(12,13)14/h1-4,8-9H/t8-,9+/m1/s1. The van der Waals surface area contributed by atoms with Gasteiger partial charge in [-0.05, 0) is 24.3 Å². The Bertz CT molecular complexity index is 410. The normalized spacial score (nSPS) is 24.2. The van der Waals surface area contributed by atoms with Crippen molar-refractivity contribution in [3.63, 3.8) is 0 Å². The molecule has 1 heterocycles. The average molecular weight is 234 g/mol. The number of carbonyl (C=O) groups excluding carboxylic acids is 1. The van der Waals surface area contributed by atoms with Gasteiger partial charge >= 0.3 is 6.18 Å². The van der Waals surface area contributed by atoms with Gasteiger partial charge in [-0.25, -0.2) is 4.39 Å². The summed E-state index contributed by atoms with van der Waals surface area (Å²) in [5.74, 6) is -1.33. The number of rotatable bonds is 2. The van der Waals surface area contributed by atoms with Crippen LogP contribution in [0.4, 0.5) is 17.6 Å². The molecular weight excluding hydrogens is 228 g/mol. The Labute approximate surface area is 87.8 Å². The molecule has 1 fully saturated rings. The quantitative estimate of drug-likeness (QED) is 0.446. The molecule has 86 valence electrons.